The molecule has 1 rings (SSSR count). The molecule has 0 radical (unpaired) electrons. The zero-order chi connectivity index (χ0) is 11.3. The predicted molar refractivity (Wildman–Crippen MR) is 56.1 cm³/mol. The Morgan fingerprint density at radius 1 is 1.53 bits per heavy atom. The normalized spacial score (nSPS) is 31.3. The molecule has 0 unspecified atom stereocenters. The van der Waals surface area contributed by atoms with Crippen molar-refractivity contribution in [1.82, 2.24) is 0 Å². The average Bonchev–Trinajstić information content (AvgIpc) is 2.22. The second-order valence-corrected chi connectivity index (χ2v) is 4.36. The van der Waals surface area contributed by atoms with Crippen molar-refractivity contribution in [2.24, 2.45) is 11.1 Å². The Morgan fingerprint density at radius 2 is 2.13 bits per heavy atom. The molecule has 0 aromatic rings. The minimum absolute atomic E-state index is 0.208. The predicted octanol–water partition coefficient (Wildman–Crippen LogP) is 1.80. The van der Waals surface area contributed by atoms with E-state index in [-0.39, 0.29) is 11.4 Å². The van der Waals surface area contributed by atoms with Gasteiger partial charge in [0.05, 0.1) is 13.0 Å². The summed E-state index contributed by atoms with van der Waals surface area (Å²) in [4.78, 5) is 11.4. The summed E-state index contributed by atoms with van der Waals surface area (Å²) in [5.41, 5.74) is 5.48. The highest BCUT2D eigenvalue weighted by Crippen LogP contribution is 2.39. The van der Waals surface area contributed by atoms with Gasteiger partial charge >= 0.3 is 5.97 Å². The van der Waals surface area contributed by atoms with E-state index < -0.39 is 6.17 Å². The maximum Gasteiger partial charge on any atom is 0.306 e. The van der Waals surface area contributed by atoms with E-state index >= 15 is 0 Å². The van der Waals surface area contributed by atoms with Crippen molar-refractivity contribution < 1.29 is 13.9 Å². The van der Waals surface area contributed by atoms with Gasteiger partial charge in [0.2, 0.25) is 0 Å². The number of esters is 1. The van der Waals surface area contributed by atoms with E-state index in [0.717, 1.165) is 0 Å². The Labute approximate surface area is 90.2 Å². The number of hydrogen-bond donors (Lipinski definition) is 1. The fourth-order valence-electron chi connectivity index (χ4n) is 2.17. The molecule has 0 aliphatic heterocycles. The van der Waals surface area contributed by atoms with Gasteiger partial charge in [-0.15, -0.1) is 0 Å². The van der Waals surface area contributed by atoms with E-state index in [2.05, 4.69) is 0 Å². The number of rotatable bonds is 4. The van der Waals surface area contributed by atoms with Gasteiger partial charge in [0.25, 0.3) is 0 Å². The lowest BCUT2D eigenvalue weighted by Gasteiger charge is -2.36. The van der Waals surface area contributed by atoms with Crippen molar-refractivity contribution in [1.29, 1.82) is 0 Å². The first-order valence-electron chi connectivity index (χ1n) is 5.61. The SMILES string of the molecule is CCOC(=O)CC1(CN)CCC(F)CC1. The fourth-order valence-corrected chi connectivity index (χ4v) is 2.17. The maximum atomic E-state index is 13.0. The lowest BCUT2D eigenvalue weighted by Crippen LogP contribution is -2.37. The summed E-state index contributed by atoms with van der Waals surface area (Å²) < 4.78 is 17.9. The van der Waals surface area contributed by atoms with Gasteiger partial charge in [-0.3, -0.25) is 4.79 Å². The molecule has 0 amide bonds. The lowest BCUT2D eigenvalue weighted by molar-refractivity contribution is -0.146. The van der Waals surface area contributed by atoms with Crippen LogP contribution in [0.2, 0.25) is 0 Å². The molecule has 1 saturated carbocycles. The largest absolute Gasteiger partial charge is 0.466 e. The maximum absolute atomic E-state index is 13.0. The third-order valence-corrected chi connectivity index (χ3v) is 3.23. The molecule has 2 N–H and O–H groups in total. The summed E-state index contributed by atoms with van der Waals surface area (Å²) in [6.45, 7) is 2.62. The van der Waals surface area contributed by atoms with Crippen LogP contribution in [0, 0.1) is 5.41 Å². The first kappa shape index (κ1) is 12.4. The van der Waals surface area contributed by atoms with Gasteiger partial charge in [0, 0.05) is 0 Å². The van der Waals surface area contributed by atoms with Crippen LogP contribution in [0.4, 0.5) is 4.39 Å². The Balaban J connectivity index is 2.49. The minimum Gasteiger partial charge on any atom is -0.466 e. The van der Waals surface area contributed by atoms with E-state index in [1.807, 2.05) is 0 Å². The van der Waals surface area contributed by atoms with Gasteiger partial charge in [-0.1, -0.05) is 0 Å². The van der Waals surface area contributed by atoms with Crippen molar-refractivity contribution in [3.63, 3.8) is 0 Å². The molecular formula is C11H20FNO2. The van der Waals surface area contributed by atoms with Crippen LogP contribution in [0.5, 0.6) is 0 Å². The molecular weight excluding hydrogens is 197 g/mol. The molecule has 0 aromatic heterocycles. The molecule has 0 spiro atoms. The Morgan fingerprint density at radius 3 is 2.60 bits per heavy atom. The summed E-state index contributed by atoms with van der Waals surface area (Å²) in [5.74, 6) is -0.208. The summed E-state index contributed by atoms with van der Waals surface area (Å²) in [7, 11) is 0. The van der Waals surface area contributed by atoms with Gasteiger partial charge in [0.15, 0.2) is 0 Å². The quantitative estimate of drug-likeness (QED) is 0.730. The molecule has 1 fully saturated rings. The van der Waals surface area contributed by atoms with E-state index in [1.165, 1.54) is 0 Å². The smallest absolute Gasteiger partial charge is 0.306 e. The van der Waals surface area contributed by atoms with Gasteiger partial charge in [-0.2, -0.15) is 0 Å². The lowest BCUT2D eigenvalue weighted by atomic mass is 9.71. The van der Waals surface area contributed by atoms with Crippen LogP contribution in [-0.2, 0) is 9.53 Å². The molecule has 0 heterocycles. The molecule has 0 atom stereocenters. The molecule has 88 valence electrons. The molecule has 15 heavy (non-hydrogen) atoms. The van der Waals surface area contributed by atoms with Crippen LogP contribution in [0.1, 0.15) is 39.0 Å². The standard InChI is InChI=1S/C11H20FNO2/c1-2-15-10(14)7-11(8-13)5-3-9(12)4-6-11/h9H,2-8,13H2,1H3. The summed E-state index contributed by atoms with van der Waals surface area (Å²) in [6.07, 6.45) is 2.07. The monoisotopic (exact) mass is 217 g/mol. The van der Waals surface area contributed by atoms with Crippen LogP contribution in [0.25, 0.3) is 0 Å². The van der Waals surface area contributed by atoms with Crippen molar-refractivity contribution in [3.8, 4) is 0 Å². The van der Waals surface area contributed by atoms with Gasteiger partial charge in [0.1, 0.15) is 6.17 Å². The van der Waals surface area contributed by atoms with Crippen LogP contribution in [0.3, 0.4) is 0 Å². The first-order valence-corrected chi connectivity index (χ1v) is 5.61. The van der Waals surface area contributed by atoms with E-state index in [4.69, 9.17) is 10.5 Å². The van der Waals surface area contributed by atoms with E-state index in [1.54, 1.807) is 6.92 Å². The van der Waals surface area contributed by atoms with Crippen molar-refractivity contribution in [2.45, 2.75) is 45.2 Å². The van der Waals surface area contributed by atoms with Crippen molar-refractivity contribution in [3.05, 3.63) is 0 Å². The number of carbonyl (C=O) groups is 1. The number of halogens is 1. The molecule has 1 aliphatic rings. The molecule has 0 bridgehead atoms. The number of hydrogen-bond acceptors (Lipinski definition) is 3. The summed E-state index contributed by atoms with van der Waals surface area (Å²) in [5, 5.41) is 0. The number of nitrogens with two attached hydrogens (primary N) is 1. The van der Waals surface area contributed by atoms with Gasteiger partial charge in [-0.05, 0) is 44.6 Å². The first-order chi connectivity index (χ1) is 7.12. The van der Waals surface area contributed by atoms with Gasteiger partial charge < -0.3 is 10.5 Å². The Bertz CT molecular complexity index is 213. The fraction of sp³-hybridized carbons (Fsp3) is 0.909. The zero-order valence-electron chi connectivity index (χ0n) is 9.30. The van der Waals surface area contributed by atoms with Crippen LogP contribution < -0.4 is 5.73 Å². The summed E-state index contributed by atoms with van der Waals surface area (Å²) in [6, 6.07) is 0. The highest BCUT2D eigenvalue weighted by molar-refractivity contribution is 5.70. The third-order valence-electron chi connectivity index (χ3n) is 3.23. The molecule has 1 aliphatic carbocycles. The second-order valence-electron chi connectivity index (χ2n) is 4.36. The van der Waals surface area contributed by atoms with Crippen LogP contribution in [-0.4, -0.2) is 25.3 Å². The van der Waals surface area contributed by atoms with Crippen molar-refractivity contribution in [2.75, 3.05) is 13.2 Å². The molecule has 4 heteroatoms. The summed E-state index contributed by atoms with van der Waals surface area (Å²) >= 11 is 0. The molecule has 0 aromatic carbocycles. The highest BCUT2D eigenvalue weighted by atomic mass is 19.1. The highest BCUT2D eigenvalue weighted by Gasteiger charge is 2.36. The van der Waals surface area contributed by atoms with Crippen LogP contribution >= 0.6 is 0 Å². The Hall–Kier alpha value is -0.640. The zero-order valence-corrected chi connectivity index (χ0v) is 9.30. The van der Waals surface area contributed by atoms with E-state index in [0.29, 0.717) is 45.3 Å². The van der Waals surface area contributed by atoms with E-state index in [9.17, 15) is 9.18 Å². The molecule has 3 nitrogen and oxygen atoms in total. The number of carbonyl (C=O) groups excluding carboxylic acids is 1. The van der Waals surface area contributed by atoms with Crippen molar-refractivity contribution >= 4 is 5.97 Å². The third kappa shape index (κ3) is 3.45. The number of ether oxygens (including phenoxy) is 1. The second kappa shape index (κ2) is 5.45. The minimum atomic E-state index is -0.716. The molecule has 0 saturated heterocycles. The number of alkyl halides is 1. The average molecular weight is 217 g/mol. The Kier molecular flexibility index (Phi) is 4.51. The van der Waals surface area contributed by atoms with Crippen LogP contribution in [0.15, 0.2) is 0 Å². The topological polar surface area (TPSA) is 52.3 Å². The van der Waals surface area contributed by atoms with Gasteiger partial charge in [-0.25, -0.2) is 4.39 Å².